The lowest BCUT2D eigenvalue weighted by atomic mass is 10.2. The average molecular weight is 246 g/mol. The lowest BCUT2D eigenvalue weighted by Crippen LogP contribution is -2.08. The van der Waals surface area contributed by atoms with Gasteiger partial charge in [0.25, 0.3) is 0 Å². The average Bonchev–Trinajstić information content (AvgIpc) is 2.34. The molecule has 0 radical (unpaired) electrons. The second kappa shape index (κ2) is 4.96. The van der Waals surface area contributed by atoms with Crippen LogP contribution < -0.4 is 15.4 Å². The summed E-state index contributed by atoms with van der Waals surface area (Å²) in [6.45, 7) is 0. The van der Waals surface area contributed by atoms with Gasteiger partial charge in [-0.15, -0.1) is 0 Å². The van der Waals surface area contributed by atoms with Gasteiger partial charge in [0.05, 0.1) is 5.69 Å². The maximum Gasteiger partial charge on any atom is 0.153 e. The van der Waals surface area contributed by atoms with Crippen molar-refractivity contribution < 1.29 is 9.13 Å². The van der Waals surface area contributed by atoms with Crippen molar-refractivity contribution >= 4 is 11.4 Å². The molecule has 0 saturated carbocycles. The summed E-state index contributed by atoms with van der Waals surface area (Å²) in [6, 6.07) is 11.6. The van der Waals surface area contributed by atoms with Gasteiger partial charge in [-0.2, -0.15) is 0 Å². The minimum absolute atomic E-state index is 0.325. The van der Waals surface area contributed by atoms with Crippen LogP contribution in [0.5, 0.6) is 11.5 Å². The van der Waals surface area contributed by atoms with Gasteiger partial charge >= 0.3 is 0 Å². The van der Waals surface area contributed by atoms with Crippen LogP contribution in [0.3, 0.4) is 0 Å². The predicted molar refractivity (Wildman–Crippen MR) is 71.7 cm³/mol. The summed E-state index contributed by atoms with van der Waals surface area (Å²) in [4.78, 5) is 1.96. The van der Waals surface area contributed by atoms with E-state index in [0.717, 1.165) is 5.69 Å². The Morgan fingerprint density at radius 3 is 2.61 bits per heavy atom. The Morgan fingerprint density at radius 1 is 1.11 bits per heavy atom. The first-order chi connectivity index (χ1) is 8.56. The highest BCUT2D eigenvalue weighted by Gasteiger charge is 2.05. The van der Waals surface area contributed by atoms with E-state index in [1.807, 2.05) is 37.2 Å². The highest BCUT2D eigenvalue weighted by atomic mass is 19.1. The molecule has 0 spiro atoms. The molecule has 2 rings (SSSR count). The molecule has 0 unspecified atom stereocenters. The van der Waals surface area contributed by atoms with Crippen molar-refractivity contribution in [3.63, 3.8) is 0 Å². The lowest BCUT2D eigenvalue weighted by molar-refractivity contribution is 0.479. The van der Waals surface area contributed by atoms with Gasteiger partial charge in [-0.1, -0.05) is 6.07 Å². The van der Waals surface area contributed by atoms with Crippen molar-refractivity contribution in [2.45, 2.75) is 0 Å². The third-order valence-corrected chi connectivity index (χ3v) is 2.54. The molecule has 0 amide bonds. The number of nitrogens with two attached hydrogens (primary N) is 1. The molecule has 0 aliphatic heterocycles. The Kier molecular flexibility index (Phi) is 3.37. The largest absolute Gasteiger partial charge is 0.455 e. The molecule has 4 heteroatoms. The molecule has 18 heavy (non-hydrogen) atoms. The van der Waals surface area contributed by atoms with Crippen LogP contribution in [0, 0.1) is 5.82 Å². The number of nitrogen functional groups attached to an aromatic ring is 1. The first-order valence-corrected chi connectivity index (χ1v) is 5.56. The molecule has 94 valence electrons. The monoisotopic (exact) mass is 246 g/mol. The number of nitrogens with zero attached hydrogens (tertiary/aromatic N) is 1. The zero-order chi connectivity index (χ0) is 13.1. The summed E-state index contributed by atoms with van der Waals surface area (Å²) in [5.41, 5.74) is 7.14. The number of ether oxygens (including phenoxy) is 1. The number of halogens is 1. The van der Waals surface area contributed by atoms with Gasteiger partial charge in [-0.05, 0) is 24.3 Å². The second-order valence-corrected chi connectivity index (χ2v) is 4.18. The molecular weight excluding hydrogens is 231 g/mol. The summed E-state index contributed by atoms with van der Waals surface area (Å²) in [5, 5.41) is 0. The topological polar surface area (TPSA) is 38.5 Å². The van der Waals surface area contributed by atoms with E-state index >= 15 is 0 Å². The summed E-state index contributed by atoms with van der Waals surface area (Å²) in [6.07, 6.45) is 0. The molecule has 0 fully saturated rings. The van der Waals surface area contributed by atoms with E-state index in [0.29, 0.717) is 17.2 Å². The van der Waals surface area contributed by atoms with Crippen LogP contribution in [0.2, 0.25) is 0 Å². The summed E-state index contributed by atoms with van der Waals surface area (Å²) < 4.78 is 18.7. The SMILES string of the molecule is CN(C)c1cccc(Oc2cc(F)ccc2N)c1. The zero-order valence-electron chi connectivity index (χ0n) is 10.4. The molecular formula is C14H15FN2O. The van der Waals surface area contributed by atoms with Crippen LogP contribution >= 0.6 is 0 Å². The maximum absolute atomic E-state index is 13.1. The van der Waals surface area contributed by atoms with Gasteiger partial charge in [-0.3, -0.25) is 0 Å². The number of hydrogen-bond donors (Lipinski definition) is 1. The van der Waals surface area contributed by atoms with Gasteiger partial charge in [0.15, 0.2) is 5.75 Å². The van der Waals surface area contributed by atoms with Gasteiger partial charge in [0.2, 0.25) is 0 Å². The number of benzene rings is 2. The normalized spacial score (nSPS) is 10.2. The molecule has 2 aromatic carbocycles. The highest BCUT2D eigenvalue weighted by Crippen LogP contribution is 2.29. The van der Waals surface area contributed by atoms with Gasteiger partial charge in [-0.25, -0.2) is 4.39 Å². The zero-order valence-corrected chi connectivity index (χ0v) is 10.4. The Bertz CT molecular complexity index is 555. The lowest BCUT2D eigenvalue weighted by Gasteiger charge is -2.14. The van der Waals surface area contributed by atoms with Crippen molar-refractivity contribution in [3.8, 4) is 11.5 Å². The fourth-order valence-corrected chi connectivity index (χ4v) is 1.55. The van der Waals surface area contributed by atoms with Crippen molar-refractivity contribution in [1.29, 1.82) is 0 Å². The van der Waals surface area contributed by atoms with E-state index in [1.54, 1.807) is 6.07 Å². The molecule has 0 bridgehead atoms. The predicted octanol–water partition coefficient (Wildman–Crippen LogP) is 3.27. The van der Waals surface area contributed by atoms with Crippen LogP contribution in [-0.2, 0) is 0 Å². The van der Waals surface area contributed by atoms with E-state index in [2.05, 4.69) is 0 Å². The van der Waals surface area contributed by atoms with Crippen LogP contribution in [0.4, 0.5) is 15.8 Å². The smallest absolute Gasteiger partial charge is 0.153 e. The van der Waals surface area contributed by atoms with E-state index in [4.69, 9.17) is 10.5 Å². The molecule has 3 nitrogen and oxygen atoms in total. The third kappa shape index (κ3) is 2.71. The second-order valence-electron chi connectivity index (χ2n) is 4.18. The highest BCUT2D eigenvalue weighted by molar-refractivity contribution is 5.56. The van der Waals surface area contributed by atoms with E-state index in [1.165, 1.54) is 18.2 Å². The minimum atomic E-state index is -0.372. The Balaban J connectivity index is 2.28. The van der Waals surface area contributed by atoms with Gasteiger partial charge in [0, 0.05) is 31.9 Å². The number of hydrogen-bond acceptors (Lipinski definition) is 3. The Labute approximate surface area is 106 Å². The third-order valence-electron chi connectivity index (χ3n) is 2.54. The standard InChI is InChI=1S/C14H15FN2O/c1-17(2)11-4-3-5-12(9-11)18-14-8-10(15)6-7-13(14)16/h3-9H,16H2,1-2H3. The van der Waals surface area contributed by atoms with Crippen molar-refractivity contribution in [1.82, 2.24) is 0 Å². The van der Waals surface area contributed by atoms with Crippen molar-refractivity contribution in [2.75, 3.05) is 24.7 Å². The maximum atomic E-state index is 13.1. The summed E-state index contributed by atoms with van der Waals surface area (Å²) in [7, 11) is 3.88. The van der Waals surface area contributed by atoms with Crippen LogP contribution in [0.1, 0.15) is 0 Å². The Hall–Kier alpha value is -2.23. The molecule has 0 aromatic heterocycles. The summed E-state index contributed by atoms with van der Waals surface area (Å²) >= 11 is 0. The molecule has 0 aliphatic rings. The van der Waals surface area contributed by atoms with Crippen LogP contribution in [-0.4, -0.2) is 14.1 Å². The summed E-state index contributed by atoms with van der Waals surface area (Å²) in [5.74, 6) is 0.576. The molecule has 0 aliphatic carbocycles. The van der Waals surface area contributed by atoms with Crippen LogP contribution in [0.25, 0.3) is 0 Å². The first kappa shape index (κ1) is 12.2. The minimum Gasteiger partial charge on any atom is -0.455 e. The van der Waals surface area contributed by atoms with E-state index < -0.39 is 0 Å². The molecule has 0 saturated heterocycles. The molecule has 2 N–H and O–H groups in total. The number of rotatable bonds is 3. The van der Waals surface area contributed by atoms with Crippen molar-refractivity contribution in [2.24, 2.45) is 0 Å². The van der Waals surface area contributed by atoms with Gasteiger partial charge < -0.3 is 15.4 Å². The number of anilines is 2. The molecule has 0 atom stereocenters. The fraction of sp³-hybridized carbons (Fsp3) is 0.143. The van der Waals surface area contributed by atoms with Crippen molar-refractivity contribution in [3.05, 3.63) is 48.3 Å². The van der Waals surface area contributed by atoms with Crippen LogP contribution in [0.15, 0.2) is 42.5 Å². The molecule has 2 aromatic rings. The van der Waals surface area contributed by atoms with E-state index in [9.17, 15) is 4.39 Å². The van der Waals surface area contributed by atoms with E-state index in [-0.39, 0.29) is 5.82 Å². The first-order valence-electron chi connectivity index (χ1n) is 5.56. The van der Waals surface area contributed by atoms with Gasteiger partial charge in [0.1, 0.15) is 11.6 Å². The Morgan fingerprint density at radius 2 is 1.89 bits per heavy atom. The quantitative estimate of drug-likeness (QED) is 0.845. The fourth-order valence-electron chi connectivity index (χ4n) is 1.55. The molecule has 0 heterocycles.